The molecule has 0 aliphatic carbocycles. The average molecular weight is 647 g/mol. The van der Waals surface area contributed by atoms with E-state index in [0.29, 0.717) is 36.0 Å². The minimum absolute atomic E-state index is 0.0443. The molecule has 1 amide bonds. The van der Waals surface area contributed by atoms with Crippen LogP contribution in [0.4, 0.5) is 4.79 Å². The van der Waals surface area contributed by atoms with Gasteiger partial charge in [-0.05, 0) is 79.3 Å². The summed E-state index contributed by atoms with van der Waals surface area (Å²) in [4.78, 5) is 21.6. The van der Waals surface area contributed by atoms with Crippen molar-refractivity contribution >= 4 is 24.2 Å². The van der Waals surface area contributed by atoms with Crippen molar-refractivity contribution in [1.29, 1.82) is 0 Å². The van der Waals surface area contributed by atoms with Crippen molar-refractivity contribution in [2.75, 3.05) is 13.2 Å². The van der Waals surface area contributed by atoms with Crippen LogP contribution in [0.1, 0.15) is 99.0 Å². The number of allylic oxidation sites excluding steroid dienone is 1. The molecular weight excluding hydrogens is 593 g/mol. The van der Waals surface area contributed by atoms with Gasteiger partial charge in [0, 0.05) is 12.5 Å². The summed E-state index contributed by atoms with van der Waals surface area (Å²) in [7, 11) is -5.83. The van der Waals surface area contributed by atoms with E-state index in [1.54, 1.807) is 22.1 Å². The Labute approximate surface area is 266 Å². The maximum Gasteiger partial charge on any atom is 0.411 e. The molecule has 4 heterocycles. The monoisotopic (exact) mass is 646 g/mol. The summed E-state index contributed by atoms with van der Waals surface area (Å²) in [6.45, 7) is 18.7. The van der Waals surface area contributed by atoms with Crippen molar-refractivity contribution in [2.24, 2.45) is 11.8 Å². The zero-order valence-electron chi connectivity index (χ0n) is 28.0. The highest BCUT2D eigenvalue weighted by atomic mass is 32.2. The third kappa shape index (κ3) is 5.35. The molecule has 1 unspecified atom stereocenters. The van der Waals surface area contributed by atoms with E-state index in [0.717, 1.165) is 37.7 Å². The molecule has 10 heteroatoms. The van der Waals surface area contributed by atoms with E-state index < -0.39 is 35.3 Å². The van der Waals surface area contributed by atoms with Gasteiger partial charge in [-0.25, -0.2) is 13.2 Å². The Bertz CT molecular complexity index is 1310. The standard InChI is InChI=1S/C34H54N2O6SSi/c1-9-10-11-12-27(21-41-44(23(2)3,24(4)5)25(6)7)19-28-20-35-33(37)42-31-22-40-36-32(18-17-30(28)34(31,35)36)43(38,39)29-15-13-26(8)14-16-29/h13-16,21,23-25,28,30-32H,9-12,17-20,22H2,1-8H3/b27-21+/t28-,30+,31-,32?,34+/m1/s1. The predicted octanol–water partition coefficient (Wildman–Crippen LogP) is 7.95. The van der Waals surface area contributed by atoms with Crippen molar-refractivity contribution in [3.63, 3.8) is 0 Å². The minimum Gasteiger partial charge on any atom is -0.548 e. The Morgan fingerprint density at radius 2 is 1.73 bits per heavy atom. The summed E-state index contributed by atoms with van der Waals surface area (Å²) in [5.41, 5.74) is 2.87. The van der Waals surface area contributed by atoms with E-state index in [-0.39, 0.29) is 29.4 Å². The molecule has 0 N–H and O–H groups in total. The molecule has 44 heavy (non-hydrogen) atoms. The second kappa shape index (κ2) is 12.7. The highest BCUT2D eigenvalue weighted by Gasteiger charge is 2.75. The van der Waals surface area contributed by atoms with Crippen LogP contribution in [0.25, 0.3) is 0 Å². The van der Waals surface area contributed by atoms with Gasteiger partial charge in [-0.1, -0.05) is 79.0 Å². The fourth-order valence-corrected chi connectivity index (χ4v) is 16.1. The molecule has 246 valence electrons. The number of carbonyl (C=O) groups is 1. The van der Waals surface area contributed by atoms with Crippen molar-refractivity contribution in [3.05, 3.63) is 41.7 Å². The molecular formula is C34H54N2O6SSi. The van der Waals surface area contributed by atoms with Gasteiger partial charge in [-0.3, -0.25) is 9.74 Å². The predicted molar refractivity (Wildman–Crippen MR) is 175 cm³/mol. The lowest BCUT2D eigenvalue weighted by Gasteiger charge is -2.47. The SMILES string of the molecule is CCCCC/C(=C\O[Si](C(C)C)(C(C)C)C(C)C)C[C@@H]1CN2C(=O)O[C@@H]3CON4C(S(=O)(=O)c5ccc(C)cc5)CC[C@@H]1[C@]324. The van der Waals surface area contributed by atoms with Crippen molar-refractivity contribution in [1.82, 2.24) is 9.96 Å². The van der Waals surface area contributed by atoms with E-state index >= 15 is 0 Å². The fraction of sp³-hybridized carbons (Fsp3) is 0.735. The van der Waals surface area contributed by atoms with Crippen LogP contribution >= 0.6 is 0 Å². The highest BCUT2D eigenvalue weighted by Crippen LogP contribution is 2.59. The quantitative estimate of drug-likeness (QED) is 0.122. The van der Waals surface area contributed by atoms with Crippen LogP contribution in [0.15, 0.2) is 41.0 Å². The van der Waals surface area contributed by atoms with Gasteiger partial charge in [0.15, 0.2) is 21.6 Å². The Morgan fingerprint density at radius 3 is 2.34 bits per heavy atom. The molecule has 5 atom stereocenters. The van der Waals surface area contributed by atoms with Gasteiger partial charge in [0.2, 0.25) is 0 Å². The summed E-state index contributed by atoms with van der Waals surface area (Å²) >= 11 is 0. The van der Waals surface area contributed by atoms with Gasteiger partial charge in [0.25, 0.3) is 8.32 Å². The third-order valence-corrected chi connectivity index (χ3v) is 19.1. The summed E-state index contributed by atoms with van der Waals surface area (Å²) in [6, 6.07) is 7.01. The van der Waals surface area contributed by atoms with Crippen LogP contribution in [-0.2, 0) is 23.8 Å². The first-order valence-corrected chi connectivity index (χ1v) is 20.6. The smallest absolute Gasteiger partial charge is 0.411 e. The zero-order valence-corrected chi connectivity index (χ0v) is 29.9. The second-order valence-electron chi connectivity index (χ2n) is 14.5. The van der Waals surface area contributed by atoms with Gasteiger partial charge in [-0.2, -0.15) is 0 Å². The Balaban J connectivity index is 1.46. The van der Waals surface area contributed by atoms with E-state index in [1.165, 1.54) is 5.57 Å². The van der Waals surface area contributed by atoms with Crippen LogP contribution < -0.4 is 0 Å². The molecule has 0 saturated carbocycles. The highest BCUT2D eigenvalue weighted by molar-refractivity contribution is 7.92. The third-order valence-electron chi connectivity index (χ3n) is 11.1. The Hall–Kier alpha value is -1.88. The molecule has 4 fully saturated rings. The number of carbonyl (C=O) groups excluding carboxylic acids is 1. The number of piperidine rings is 1. The number of amides is 1. The van der Waals surface area contributed by atoms with Crippen molar-refractivity contribution < 1.29 is 27.2 Å². The van der Waals surface area contributed by atoms with Crippen LogP contribution in [0.3, 0.4) is 0 Å². The van der Waals surface area contributed by atoms with E-state index in [1.807, 2.05) is 19.1 Å². The molecule has 8 nitrogen and oxygen atoms in total. The number of sulfone groups is 1. The molecule has 4 saturated heterocycles. The zero-order chi connectivity index (χ0) is 32.0. The lowest BCUT2D eigenvalue weighted by molar-refractivity contribution is -0.226. The molecule has 1 aromatic rings. The van der Waals surface area contributed by atoms with Crippen molar-refractivity contribution in [3.8, 4) is 0 Å². The van der Waals surface area contributed by atoms with E-state index in [9.17, 15) is 13.2 Å². The number of benzene rings is 1. The first kappa shape index (κ1) is 33.5. The average Bonchev–Trinajstić information content (AvgIpc) is 3.57. The molecule has 5 rings (SSSR count). The summed E-state index contributed by atoms with van der Waals surface area (Å²) < 4.78 is 40.9. The number of nitrogens with zero attached hydrogens (tertiary/aromatic N) is 2. The minimum atomic E-state index is -3.74. The van der Waals surface area contributed by atoms with E-state index in [2.05, 4.69) is 54.7 Å². The van der Waals surface area contributed by atoms with Gasteiger partial charge >= 0.3 is 6.09 Å². The van der Waals surface area contributed by atoms with Crippen molar-refractivity contribution in [2.45, 2.75) is 139 Å². The molecule has 0 aromatic heterocycles. The maximum absolute atomic E-state index is 14.0. The Morgan fingerprint density at radius 1 is 1.07 bits per heavy atom. The van der Waals surface area contributed by atoms with Gasteiger partial charge in [0.05, 0.1) is 11.2 Å². The molecule has 1 aromatic carbocycles. The normalized spacial score (nSPS) is 29.1. The number of hydrogen-bond acceptors (Lipinski definition) is 7. The fourth-order valence-electron chi connectivity index (χ4n) is 9.11. The van der Waals surface area contributed by atoms with Crippen LogP contribution in [-0.4, -0.2) is 63.1 Å². The summed E-state index contributed by atoms with van der Waals surface area (Å²) in [6.07, 6.45) is 7.61. The van der Waals surface area contributed by atoms with E-state index in [4.69, 9.17) is 14.0 Å². The number of unbranched alkanes of at least 4 members (excludes halogenated alkanes) is 2. The molecule has 4 aliphatic rings. The first-order chi connectivity index (χ1) is 20.8. The van der Waals surface area contributed by atoms with Gasteiger partial charge in [0.1, 0.15) is 12.0 Å². The molecule has 0 bridgehead atoms. The number of rotatable bonds is 13. The maximum atomic E-state index is 14.0. The molecule has 4 aliphatic heterocycles. The summed E-state index contributed by atoms with van der Waals surface area (Å²) in [5, 5.41) is 0.789. The second-order valence-corrected chi connectivity index (χ2v) is 22.0. The number of hydroxylamine groups is 2. The lowest BCUT2D eigenvalue weighted by Crippen LogP contribution is -2.65. The van der Waals surface area contributed by atoms with Gasteiger partial charge in [-0.15, -0.1) is 5.06 Å². The molecule has 1 spiro atoms. The largest absolute Gasteiger partial charge is 0.548 e. The van der Waals surface area contributed by atoms with Crippen LogP contribution in [0, 0.1) is 18.8 Å². The topological polar surface area (TPSA) is 85.4 Å². The van der Waals surface area contributed by atoms with Gasteiger partial charge < -0.3 is 9.16 Å². The first-order valence-electron chi connectivity index (χ1n) is 16.9. The lowest BCUT2D eigenvalue weighted by atomic mass is 9.75. The molecule has 0 radical (unpaired) electrons. The number of ether oxygens (including phenoxy) is 1. The number of hydrogen-bond donors (Lipinski definition) is 0. The Kier molecular flexibility index (Phi) is 9.68. The number of aryl methyl sites for hydroxylation is 1. The van der Waals surface area contributed by atoms with Crippen LogP contribution in [0.5, 0.6) is 0 Å². The van der Waals surface area contributed by atoms with Crippen LogP contribution in [0.2, 0.25) is 16.6 Å². The summed E-state index contributed by atoms with van der Waals surface area (Å²) in [5.74, 6) is 0.213.